The van der Waals surface area contributed by atoms with Crippen LogP contribution in [0.2, 0.25) is 5.02 Å². The maximum atomic E-state index is 6.31. The van der Waals surface area contributed by atoms with Crippen molar-refractivity contribution in [3.63, 3.8) is 0 Å². The van der Waals surface area contributed by atoms with Crippen molar-refractivity contribution in [3.05, 3.63) is 39.3 Å². The molecule has 19 heavy (non-hydrogen) atoms. The van der Waals surface area contributed by atoms with E-state index in [4.69, 9.17) is 23.8 Å². The molecule has 0 spiro atoms. The Labute approximate surface area is 120 Å². The summed E-state index contributed by atoms with van der Waals surface area (Å²) < 4.78 is 4.37. The molecule has 0 fully saturated rings. The number of halogens is 1. The number of benzene rings is 1. The summed E-state index contributed by atoms with van der Waals surface area (Å²) in [5.74, 6) is 0. The highest BCUT2D eigenvalue weighted by molar-refractivity contribution is 7.71. The van der Waals surface area contributed by atoms with Gasteiger partial charge in [0.1, 0.15) is 5.52 Å². The second-order valence-corrected chi connectivity index (χ2v) is 5.42. The van der Waals surface area contributed by atoms with Gasteiger partial charge in [-0.3, -0.25) is 4.57 Å². The van der Waals surface area contributed by atoms with Crippen molar-refractivity contribution in [2.24, 2.45) is 7.05 Å². The van der Waals surface area contributed by atoms with Crippen LogP contribution in [-0.2, 0) is 7.05 Å². The minimum absolute atomic E-state index is 0.624. The van der Waals surface area contributed by atoms with Crippen LogP contribution < -0.4 is 0 Å². The van der Waals surface area contributed by atoms with E-state index >= 15 is 0 Å². The quantitative estimate of drug-likeness (QED) is 0.695. The van der Waals surface area contributed by atoms with Gasteiger partial charge in [0.2, 0.25) is 0 Å². The predicted molar refractivity (Wildman–Crippen MR) is 79.7 cm³/mol. The maximum absolute atomic E-state index is 6.31. The fourth-order valence-corrected chi connectivity index (χ4v) is 2.81. The zero-order valence-corrected chi connectivity index (χ0v) is 12.4. The van der Waals surface area contributed by atoms with Crippen LogP contribution >= 0.6 is 23.8 Å². The van der Waals surface area contributed by atoms with Gasteiger partial charge >= 0.3 is 0 Å². The fraction of sp³-hybridized carbons (Fsp3) is 0.231. The lowest BCUT2D eigenvalue weighted by Crippen LogP contribution is -2.01. The molecular weight excluding hydrogens is 280 g/mol. The summed E-state index contributed by atoms with van der Waals surface area (Å²) in [4.78, 5) is 3.20. The van der Waals surface area contributed by atoms with Gasteiger partial charge in [0, 0.05) is 7.05 Å². The zero-order chi connectivity index (χ0) is 13.7. The maximum Gasteiger partial charge on any atom is 0.184 e. The van der Waals surface area contributed by atoms with Gasteiger partial charge < -0.3 is 4.98 Å². The lowest BCUT2D eigenvalue weighted by Gasteiger charge is -2.08. The SMILES string of the molecule is Cc1ccc(Cl)c(-n2c(=S)[nH]c3c(C)nn(C)c32)c1. The van der Waals surface area contributed by atoms with E-state index in [-0.39, 0.29) is 0 Å². The Morgan fingerprint density at radius 1 is 1.32 bits per heavy atom. The first-order valence-electron chi connectivity index (χ1n) is 5.90. The van der Waals surface area contributed by atoms with Crippen LogP contribution in [0.1, 0.15) is 11.3 Å². The Hall–Kier alpha value is -1.59. The van der Waals surface area contributed by atoms with Crippen molar-refractivity contribution in [2.75, 3.05) is 0 Å². The molecule has 0 amide bonds. The Bertz CT molecular complexity index is 840. The Kier molecular flexibility index (Phi) is 2.76. The summed E-state index contributed by atoms with van der Waals surface area (Å²) in [5.41, 5.74) is 4.81. The highest BCUT2D eigenvalue weighted by Gasteiger charge is 2.15. The number of imidazole rings is 1. The highest BCUT2D eigenvalue weighted by atomic mass is 35.5. The van der Waals surface area contributed by atoms with Gasteiger partial charge in [0.05, 0.1) is 16.4 Å². The van der Waals surface area contributed by atoms with Crippen LogP contribution in [0.3, 0.4) is 0 Å². The van der Waals surface area contributed by atoms with E-state index in [1.165, 1.54) is 0 Å². The monoisotopic (exact) mass is 292 g/mol. The lowest BCUT2D eigenvalue weighted by molar-refractivity contribution is 0.759. The van der Waals surface area contributed by atoms with Gasteiger partial charge in [0.15, 0.2) is 10.4 Å². The summed E-state index contributed by atoms with van der Waals surface area (Å²) in [6, 6.07) is 5.89. The average Bonchev–Trinajstić information content (AvgIpc) is 2.81. The van der Waals surface area contributed by atoms with Crippen LogP contribution in [0.4, 0.5) is 0 Å². The number of rotatable bonds is 1. The largest absolute Gasteiger partial charge is 0.327 e. The third-order valence-electron chi connectivity index (χ3n) is 3.18. The van der Waals surface area contributed by atoms with Crippen molar-refractivity contribution >= 4 is 35.0 Å². The number of nitrogens with one attached hydrogen (secondary N) is 1. The normalized spacial score (nSPS) is 11.4. The second kappa shape index (κ2) is 4.21. The zero-order valence-electron chi connectivity index (χ0n) is 10.9. The van der Waals surface area contributed by atoms with Crippen molar-refractivity contribution < 1.29 is 0 Å². The molecule has 0 atom stereocenters. The molecule has 6 heteroatoms. The van der Waals surface area contributed by atoms with Crippen LogP contribution in [0.5, 0.6) is 0 Å². The number of nitrogens with zero attached hydrogens (tertiary/aromatic N) is 3. The summed E-state index contributed by atoms with van der Waals surface area (Å²) in [6.07, 6.45) is 0. The predicted octanol–water partition coefficient (Wildman–Crippen LogP) is 3.69. The first-order valence-corrected chi connectivity index (χ1v) is 6.68. The second-order valence-electron chi connectivity index (χ2n) is 4.63. The highest BCUT2D eigenvalue weighted by Crippen LogP contribution is 2.27. The van der Waals surface area contributed by atoms with Gasteiger partial charge in [-0.25, -0.2) is 4.68 Å². The number of aryl methyl sites for hydroxylation is 3. The smallest absolute Gasteiger partial charge is 0.184 e. The minimum Gasteiger partial charge on any atom is -0.327 e. The summed E-state index contributed by atoms with van der Waals surface area (Å²) in [7, 11) is 1.90. The molecule has 0 bridgehead atoms. The summed E-state index contributed by atoms with van der Waals surface area (Å²) >= 11 is 11.7. The van der Waals surface area contributed by atoms with Crippen molar-refractivity contribution in [2.45, 2.75) is 13.8 Å². The van der Waals surface area contributed by atoms with E-state index in [0.29, 0.717) is 9.79 Å². The van der Waals surface area contributed by atoms with Crippen LogP contribution in [0.25, 0.3) is 16.9 Å². The first kappa shape index (κ1) is 12.4. The van der Waals surface area contributed by atoms with Crippen LogP contribution in [0, 0.1) is 18.6 Å². The summed E-state index contributed by atoms with van der Waals surface area (Å²) in [5, 5.41) is 5.07. The van der Waals surface area contributed by atoms with Gasteiger partial charge in [-0.15, -0.1) is 0 Å². The number of fused-ring (bicyclic) bond motifs is 1. The third-order valence-corrected chi connectivity index (χ3v) is 3.79. The molecule has 0 saturated carbocycles. The number of aromatic amines is 1. The number of hydrogen-bond acceptors (Lipinski definition) is 2. The van der Waals surface area contributed by atoms with E-state index in [1.807, 2.05) is 48.3 Å². The number of hydrogen-bond donors (Lipinski definition) is 1. The fourth-order valence-electron chi connectivity index (χ4n) is 2.33. The van der Waals surface area contributed by atoms with E-state index in [2.05, 4.69) is 10.1 Å². The molecule has 0 aliphatic heterocycles. The Morgan fingerprint density at radius 3 is 2.79 bits per heavy atom. The van der Waals surface area contributed by atoms with Gasteiger partial charge in [0.25, 0.3) is 0 Å². The van der Waals surface area contributed by atoms with E-state index < -0.39 is 0 Å². The topological polar surface area (TPSA) is 38.5 Å². The van der Waals surface area contributed by atoms with Crippen molar-refractivity contribution in [1.29, 1.82) is 0 Å². The van der Waals surface area contributed by atoms with E-state index in [9.17, 15) is 0 Å². The Morgan fingerprint density at radius 2 is 2.05 bits per heavy atom. The molecule has 4 nitrogen and oxygen atoms in total. The van der Waals surface area contributed by atoms with Gasteiger partial charge in [-0.05, 0) is 43.8 Å². The van der Waals surface area contributed by atoms with Gasteiger partial charge in [-0.1, -0.05) is 17.7 Å². The Balaban J connectivity index is 2.45. The number of aromatic nitrogens is 4. The molecule has 1 N–H and O–H groups in total. The standard InChI is InChI=1S/C13H13ClN4S/c1-7-4-5-9(14)10(6-7)18-12-11(15-13(18)19)8(2)16-17(12)3/h4-6H,1-3H3,(H,15,19). The van der Waals surface area contributed by atoms with Crippen LogP contribution in [0.15, 0.2) is 18.2 Å². The van der Waals surface area contributed by atoms with E-state index in [0.717, 1.165) is 28.1 Å². The van der Waals surface area contributed by atoms with Crippen molar-refractivity contribution in [1.82, 2.24) is 19.3 Å². The van der Waals surface area contributed by atoms with E-state index in [1.54, 1.807) is 0 Å². The van der Waals surface area contributed by atoms with Gasteiger partial charge in [-0.2, -0.15) is 5.10 Å². The molecule has 0 saturated heterocycles. The average molecular weight is 293 g/mol. The molecular formula is C13H13ClN4S. The molecule has 1 aromatic carbocycles. The molecule has 98 valence electrons. The molecule has 2 aromatic heterocycles. The minimum atomic E-state index is 0.624. The molecule has 3 rings (SSSR count). The molecule has 2 heterocycles. The molecule has 0 radical (unpaired) electrons. The third kappa shape index (κ3) is 1.81. The summed E-state index contributed by atoms with van der Waals surface area (Å²) in [6.45, 7) is 3.98. The number of H-pyrrole nitrogens is 1. The van der Waals surface area contributed by atoms with Crippen LogP contribution in [-0.4, -0.2) is 19.3 Å². The lowest BCUT2D eigenvalue weighted by atomic mass is 10.2. The molecule has 3 aromatic rings. The van der Waals surface area contributed by atoms with Crippen molar-refractivity contribution in [3.8, 4) is 5.69 Å². The first-order chi connectivity index (χ1) is 8.99. The molecule has 0 unspecified atom stereocenters. The molecule has 0 aliphatic rings. The molecule has 0 aliphatic carbocycles.